The van der Waals surface area contributed by atoms with Crippen LogP contribution in [0.1, 0.15) is 23.3 Å². The second-order valence-corrected chi connectivity index (χ2v) is 5.17. The summed E-state index contributed by atoms with van der Waals surface area (Å²) in [5.74, 6) is 0.558. The third kappa shape index (κ3) is 2.97. The van der Waals surface area contributed by atoms with Crippen molar-refractivity contribution >= 4 is 22.5 Å². The maximum absolute atomic E-state index is 12.3. The number of nitrogens with one attached hydrogen (secondary N) is 2. The van der Waals surface area contributed by atoms with Crippen molar-refractivity contribution in [3.05, 3.63) is 36.0 Å². The van der Waals surface area contributed by atoms with Crippen LogP contribution in [-0.4, -0.2) is 37.2 Å². The van der Waals surface area contributed by atoms with E-state index >= 15 is 0 Å². The van der Waals surface area contributed by atoms with Gasteiger partial charge in [0.1, 0.15) is 11.5 Å². The monoisotopic (exact) mass is 285 g/mol. The fraction of sp³-hybridized carbons (Fsp3) is 0.375. The van der Waals surface area contributed by atoms with Gasteiger partial charge in [0.2, 0.25) is 0 Å². The van der Waals surface area contributed by atoms with Crippen molar-refractivity contribution in [2.45, 2.75) is 18.9 Å². The molecule has 1 unspecified atom stereocenters. The number of benzene rings is 1. The number of fused-ring (bicyclic) bond motifs is 1. The van der Waals surface area contributed by atoms with Gasteiger partial charge in [0, 0.05) is 25.6 Å². The first-order valence-electron chi connectivity index (χ1n) is 7.25. The lowest BCUT2D eigenvalue weighted by Gasteiger charge is -2.12. The Balaban J connectivity index is 1.80. The number of amides is 1. The normalized spacial score (nSPS) is 17.9. The van der Waals surface area contributed by atoms with Crippen LogP contribution >= 0.6 is 0 Å². The zero-order valence-electron chi connectivity index (χ0n) is 12.1. The summed E-state index contributed by atoms with van der Waals surface area (Å²) in [6.07, 6.45) is 2.21. The lowest BCUT2D eigenvalue weighted by molar-refractivity contribution is 0.0854. The molecule has 5 nitrogen and oxygen atoms in total. The molecule has 1 fully saturated rings. The van der Waals surface area contributed by atoms with Crippen molar-refractivity contribution in [1.29, 1.82) is 0 Å². The van der Waals surface area contributed by atoms with Crippen LogP contribution in [0.4, 0.5) is 5.82 Å². The molecule has 0 spiro atoms. The summed E-state index contributed by atoms with van der Waals surface area (Å²) in [5.41, 5.74) is 0.427. The molecule has 0 saturated carbocycles. The van der Waals surface area contributed by atoms with Gasteiger partial charge in [-0.2, -0.15) is 0 Å². The van der Waals surface area contributed by atoms with Gasteiger partial charge in [0.15, 0.2) is 0 Å². The fourth-order valence-electron chi connectivity index (χ4n) is 2.61. The predicted molar refractivity (Wildman–Crippen MR) is 82.6 cm³/mol. The molecule has 3 rings (SSSR count). The molecule has 2 heterocycles. The predicted octanol–water partition coefficient (Wildman–Crippen LogP) is 2.19. The molecular weight excluding hydrogens is 266 g/mol. The van der Waals surface area contributed by atoms with E-state index in [4.69, 9.17) is 4.74 Å². The molecule has 1 amide bonds. The molecule has 2 N–H and O–H groups in total. The maximum atomic E-state index is 12.3. The van der Waals surface area contributed by atoms with Crippen molar-refractivity contribution in [1.82, 2.24) is 10.3 Å². The Kier molecular flexibility index (Phi) is 4.01. The summed E-state index contributed by atoms with van der Waals surface area (Å²) >= 11 is 0. The molecule has 0 radical (unpaired) electrons. The van der Waals surface area contributed by atoms with Crippen molar-refractivity contribution < 1.29 is 9.53 Å². The van der Waals surface area contributed by atoms with Crippen molar-refractivity contribution in [2.24, 2.45) is 0 Å². The second-order valence-electron chi connectivity index (χ2n) is 5.17. The summed E-state index contributed by atoms with van der Waals surface area (Å²) in [5, 5.41) is 7.96. The molecule has 1 aromatic heterocycles. The number of anilines is 1. The number of ether oxygens (including phenoxy) is 1. The van der Waals surface area contributed by atoms with Crippen LogP contribution in [-0.2, 0) is 4.74 Å². The van der Waals surface area contributed by atoms with E-state index in [1.165, 1.54) is 0 Å². The molecule has 5 heteroatoms. The van der Waals surface area contributed by atoms with Gasteiger partial charge < -0.3 is 15.4 Å². The Morgan fingerprint density at radius 1 is 1.43 bits per heavy atom. The lowest BCUT2D eigenvalue weighted by atomic mass is 10.1. The van der Waals surface area contributed by atoms with Gasteiger partial charge >= 0.3 is 0 Å². The minimum Gasteiger partial charge on any atom is -0.376 e. The van der Waals surface area contributed by atoms with E-state index in [0.717, 1.165) is 36.0 Å². The summed E-state index contributed by atoms with van der Waals surface area (Å²) < 4.78 is 5.51. The van der Waals surface area contributed by atoms with Crippen LogP contribution in [0.5, 0.6) is 0 Å². The number of hydrogen-bond donors (Lipinski definition) is 2. The van der Waals surface area contributed by atoms with Crippen molar-refractivity contribution in [2.75, 3.05) is 25.5 Å². The fourth-order valence-corrected chi connectivity index (χ4v) is 2.61. The standard InChI is InChI=1S/C16H19N3O2/c1-17-15-13-7-3-2-5-11(13)9-14(19-15)16(20)18-10-12-6-4-8-21-12/h2-3,5,7,9,12H,4,6,8,10H2,1H3,(H,17,19)(H,18,20). The average Bonchev–Trinajstić information content (AvgIpc) is 3.04. The number of hydrogen-bond acceptors (Lipinski definition) is 4. The van der Waals surface area contributed by atoms with Crippen LogP contribution in [0.15, 0.2) is 30.3 Å². The highest BCUT2D eigenvalue weighted by atomic mass is 16.5. The van der Waals surface area contributed by atoms with Gasteiger partial charge in [0.25, 0.3) is 5.91 Å². The van der Waals surface area contributed by atoms with E-state index < -0.39 is 0 Å². The van der Waals surface area contributed by atoms with Crippen LogP contribution in [0.25, 0.3) is 10.8 Å². The van der Waals surface area contributed by atoms with E-state index in [1.807, 2.05) is 37.4 Å². The molecule has 1 aliphatic rings. The van der Waals surface area contributed by atoms with Gasteiger partial charge in [0.05, 0.1) is 6.10 Å². The smallest absolute Gasteiger partial charge is 0.270 e. The van der Waals surface area contributed by atoms with Gasteiger partial charge in [-0.05, 0) is 24.3 Å². The van der Waals surface area contributed by atoms with Gasteiger partial charge in [-0.15, -0.1) is 0 Å². The molecule has 1 aromatic carbocycles. The largest absolute Gasteiger partial charge is 0.376 e. The Morgan fingerprint density at radius 3 is 3.05 bits per heavy atom. The van der Waals surface area contributed by atoms with Gasteiger partial charge in [-0.25, -0.2) is 4.98 Å². The van der Waals surface area contributed by atoms with E-state index in [0.29, 0.717) is 12.2 Å². The minimum atomic E-state index is -0.159. The summed E-state index contributed by atoms with van der Waals surface area (Å²) in [7, 11) is 1.81. The summed E-state index contributed by atoms with van der Waals surface area (Å²) in [4.78, 5) is 16.7. The molecular formula is C16H19N3O2. The van der Waals surface area contributed by atoms with E-state index in [2.05, 4.69) is 15.6 Å². The number of carbonyl (C=O) groups is 1. The van der Waals surface area contributed by atoms with Crippen LogP contribution in [0.3, 0.4) is 0 Å². The van der Waals surface area contributed by atoms with E-state index in [9.17, 15) is 4.79 Å². The second kappa shape index (κ2) is 6.10. The summed E-state index contributed by atoms with van der Waals surface area (Å²) in [6, 6.07) is 9.70. The molecule has 21 heavy (non-hydrogen) atoms. The Labute approximate surface area is 123 Å². The Bertz CT molecular complexity index is 651. The lowest BCUT2D eigenvalue weighted by Crippen LogP contribution is -2.32. The quantitative estimate of drug-likeness (QED) is 0.904. The third-order valence-corrected chi connectivity index (χ3v) is 3.72. The number of nitrogens with zero attached hydrogens (tertiary/aromatic N) is 1. The number of carbonyl (C=O) groups excluding carboxylic acids is 1. The van der Waals surface area contributed by atoms with E-state index in [1.54, 1.807) is 0 Å². The first-order valence-corrected chi connectivity index (χ1v) is 7.25. The maximum Gasteiger partial charge on any atom is 0.270 e. The Morgan fingerprint density at radius 2 is 2.29 bits per heavy atom. The highest BCUT2D eigenvalue weighted by Crippen LogP contribution is 2.22. The van der Waals surface area contributed by atoms with Crippen LogP contribution < -0.4 is 10.6 Å². The first kappa shape index (κ1) is 13.8. The van der Waals surface area contributed by atoms with Gasteiger partial charge in [-0.3, -0.25) is 4.79 Å². The van der Waals surface area contributed by atoms with Crippen molar-refractivity contribution in [3.63, 3.8) is 0 Å². The average molecular weight is 285 g/mol. The number of pyridine rings is 1. The SMILES string of the molecule is CNc1nc(C(=O)NCC2CCCO2)cc2ccccc12. The summed E-state index contributed by atoms with van der Waals surface area (Å²) in [6.45, 7) is 1.33. The topological polar surface area (TPSA) is 63.2 Å². The highest BCUT2D eigenvalue weighted by Gasteiger charge is 2.17. The van der Waals surface area contributed by atoms with Gasteiger partial charge in [-0.1, -0.05) is 24.3 Å². The molecule has 0 aliphatic carbocycles. The first-order chi connectivity index (χ1) is 10.3. The highest BCUT2D eigenvalue weighted by molar-refractivity contribution is 6.00. The van der Waals surface area contributed by atoms with Crippen LogP contribution in [0, 0.1) is 0 Å². The molecule has 2 aromatic rings. The zero-order chi connectivity index (χ0) is 14.7. The third-order valence-electron chi connectivity index (χ3n) is 3.72. The molecule has 1 saturated heterocycles. The van der Waals surface area contributed by atoms with E-state index in [-0.39, 0.29) is 12.0 Å². The van der Waals surface area contributed by atoms with Crippen LogP contribution in [0.2, 0.25) is 0 Å². The van der Waals surface area contributed by atoms with Crippen molar-refractivity contribution in [3.8, 4) is 0 Å². The Hall–Kier alpha value is -2.14. The molecule has 110 valence electrons. The minimum absolute atomic E-state index is 0.137. The molecule has 0 bridgehead atoms. The zero-order valence-corrected chi connectivity index (χ0v) is 12.1. The number of aromatic nitrogens is 1. The molecule has 1 atom stereocenters. The molecule has 1 aliphatic heterocycles. The number of rotatable bonds is 4.